The summed E-state index contributed by atoms with van der Waals surface area (Å²) in [5.74, 6) is 2.32. The molecule has 1 fully saturated rings. The van der Waals surface area contributed by atoms with Crippen molar-refractivity contribution in [2.75, 3.05) is 5.75 Å². The van der Waals surface area contributed by atoms with Gasteiger partial charge >= 0.3 is 0 Å². The van der Waals surface area contributed by atoms with Gasteiger partial charge in [0.05, 0.1) is 0 Å². The fourth-order valence-electron chi connectivity index (χ4n) is 1.86. The number of hydrogen-bond donors (Lipinski definition) is 1. The molecule has 2 heteroatoms. The van der Waals surface area contributed by atoms with Crippen LogP contribution >= 0.6 is 11.8 Å². The minimum atomic E-state index is 0.190. The Labute approximate surface area is 116 Å². The molecule has 1 N–H and O–H groups in total. The number of rotatable bonds is 6. The van der Waals surface area contributed by atoms with E-state index in [1.165, 1.54) is 35.5 Å². The second kappa shape index (κ2) is 6.12. The van der Waals surface area contributed by atoms with E-state index in [4.69, 9.17) is 0 Å². The van der Waals surface area contributed by atoms with Crippen LogP contribution in [0.4, 0.5) is 0 Å². The monoisotopic (exact) mass is 263 g/mol. The maximum atomic E-state index is 3.54. The second-order valence-corrected chi connectivity index (χ2v) is 7.50. The van der Waals surface area contributed by atoms with Gasteiger partial charge in [0.25, 0.3) is 0 Å². The van der Waals surface area contributed by atoms with Gasteiger partial charge in [-0.3, -0.25) is 0 Å². The standard InChI is InChI=1S/C16H25NS/c1-16(2,3)17-12-14-5-4-6-15(11-14)18-10-9-13-7-8-13/h4-6,11,13,17H,7-10,12H2,1-3H3. The molecule has 0 aromatic heterocycles. The first kappa shape index (κ1) is 14.0. The van der Waals surface area contributed by atoms with Gasteiger partial charge in [0.2, 0.25) is 0 Å². The van der Waals surface area contributed by atoms with Gasteiger partial charge in [-0.2, -0.15) is 0 Å². The predicted octanol–water partition coefficient (Wildman–Crippen LogP) is 4.47. The topological polar surface area (TPSA) is 12.0 Å². The molecule has 1 aliphatic carbocycles. The van der Waals surface area contributed by atoms with Gasteiger partial charge < -0.3 is 5.32 Å². The Morgan fingerprint density at radius 1 is 1.28 bits per heavy atom. The third kappa shape index (κ3) is 5.45. The normalized spacial score (nSPS) is 15.9. The first-order chi connectivity index (χ1) is 8.53. The molecule has 1 saturated carbocycles. The average Bonchev–Trinajstić information content (AvgIpc) is 3.10. The predicted molar refractivity (Wildman–Crippen MR) is 81.1 cm³/mol. The Balaban J connectivity index is 1.79. The Bertz CT molecular complexity index is 377. The number of hydrogen-bond acceptors (Lipinski definition) is 2. The highest BCUT2D eigenvalue weighted by Crippen LogP contribution is 2.34. The number of thioether (sulfide) groups is 1. The molecular formula is C16H25NS. The lowest BCUT2D eigenvalue weighted by Gasteiger charge is -2.20. The van der Waals surface area contributed by atoms with Crippen LogP contribution in [-0.2, 0) is 6.54 Å². The van der Waals surface area contributed by atoms with E-state index in [2.05, 4.69) is 50.4 Å². The number of benzene rings is 1. The quantitative estimate of drug-likeness (QED) is 0.760. The summed E-state index contributed by atoms with van der Waals surface area (Å²) in [5.41, 5.74) is 1.58. The van der Waals surface area contributed by atoms with Crippen molar-refractivity contribution in [2.24, 2.45) is 5.92 Å². The van der Waals surface area contributed by atoms with E-state index in [-0.39, 0.29) is 5.54 Å². The Morgan fingerprint density at radius 2 is 2.06 bits per heavy atom. The zero-order valence-corrected chi connectivity index (χ0v) is 12.6. The molecule has 0 radical (unpaired) electrons. The van der Waals surface area contributed by atoms with Gasteiger partial charge in [0.15, 0.2) is 0 Å². The van der Waals surface area contributed by atoms with Gasteiger partial charge in [0, 0.05) is 17.0 Å². The Kier molecular flexibility index (Phi) is 4.74. The van der Waals surface area contributed by atoms with Crippen molar-refractivity contribution in [3.05, 3.63) is 29.8 Å². The zero-order valence-electron chi connectivity index (χ0n) is 11.8. The van der Waals surface area contributed by atoms with E-state index in [9.17, 15) is 0 Å². The largest absolute Gasteiger partial charge is 0.308 e. The molecule has 1 aromatic rings. The molecule has 1 aliphatic rings. The highest BCUT2D eigenvalue weighted by atomic mass is 32.2. The van der Waals surface area contributed by atoms with Crippen LogP contribution in [0.15, 0.2) is 29.2 Å². The summed E-state index contributed by atoms with van der Waals surface area (Å²) in [6, 6.07) is 8.96. The number of nitrogens with one attached hydrogen (secondary N) is 1. The summed E-state index contributed by atoms with van der Waals surface area (Å²) in [7, 11) is 0. The third-order valence-electron chi connectivity index (χ3n) is 3.21. The van der Waals surface area contributed by atoms with E-state index in [1.54, 1.807) is 0 Å². The Hall–Kier alpha value is -0.470. The third-order valence-corrected chi connectivity index (χ3v) is 4.24. The first-order valence-corrected chi connectivity index (χ1v) is 7.98. The second-order valence-electron chi connectivity index (χ2n) is 6.33. The molecular weight excluding hydrogens is 238 g/mol. The van der Waals surface area contributed by atoms with Gasteiger partial charge in [-0.1, -0.05) is 25.0 Å². The zero-order chi connectivity index (χ0) is 13.0. The fourth-order valence-corrected chi connectivity index (χ4v) is 2.96. The summed E-state index contributed by atoms with van der Waals surface area (Å²) < 4.78 is 0. The van der Waals surface area contributed by atoms with Crippen LogP contribution in [0.5, 0.6) is 0 Å². The van der Waals surface area contributed by atoms with Crippen LogP contribution in [0, 0.1) is 5.92 Å². The molecule has 0 spiro atoms. The van der Waals surface area contributed by atoms with Crippen molar-refractivity contribution in [1.29, 1.82) is 0 Å². The van der Waals surface area contributed by atoms with E-state index < -0.39 is 0 Å². The van der Waals surface area contributed by atoms with Gasteiger partial charge in [-0.25, -0.2) is 0 Å². The van der Waals surface area contributed by atoms with Gasteiger partial charge in [-0.15, -0.1) is 11.8 Å². The molecule has 100 valence electrons. The molecule has 1 aromatic carbocycles. The molecule has 0 unspecified atom stereocenters. The minimum Gasteiger partial charge on any atom is -0.308 e. The lowest BCUT2D eigenvalue weighted by molar-refractivity contribution is 0.424. The van der Waals surface area contributed by atoms with E-state index in [0.717, 1.165) is 12.5 Å². The summed E-state index contributed by atoms with van der Waals surface area (Å²) in [6.07, 6.45) is 4.33. The SMILES string of the molecule is CC(C)(C)NCc1cccc(SCCC2CC2)c1. The molecule has 0 saturated heterocycles. The van der Waals surface area contributed by atoms with Crippen molar-refractivity contribution < 1.29 is 0 Å². The summed E-state index contributed by atoms with van der Waals surface area (Å²) in [5, 5.41) is 3.54. The molecule has 0 amide bonds. The summed E-state index contributed by atoms with van der Waals surface area (Å²) in [4.78, 5) is 1.42. The van der Waals surface area contributed by atoms with Crippen molar-refractivity contribution >= 4 is 11.8 Å². The van der Waals surface area contributed by atoms with Crippen molar-refractivity contribution in [3.8, 4) is 0 Å². The minimum absolute atomic E-state index is 0.190. The van der Waals surface area contributed by atoms with Crippen LogP contribution in [0.2, 0.25) is 0 Å². The van der Waals surface area contributed by atoms with E-state index >= 15 is 0 Å². The van der Waals surface area contributed by atoms with Crippen LogP contribution in [0.1, 0.15) is 45.6 Å². The van der Waals surface area contributed by atoms with Gasteiger partial charge in [0.1, 0.15) is 0 Å². The van der Waals surface area contributed by atoms with Crippen molar-refractivity contribution in [2.45, 2.75) is 57.0 Å². The molecule has 1 nitrogen and oxygen atoms in total. The van der Waals surface area contributed by atoms with Gasteiger partial charge in [-0.05, 0) is 56.6 Å². The van der Waals surface area contributed by atoms with Crippen molar-refractivity contribution in [1.82, 2.24) is 5.32 Å². The summed E-state index contributed by atoms with van der Waals surface area (Å²) in [6.45, 7) is 7.59. The van der Waals surface area contributed by atoms with Crippen molar-refractivity contribution in [3.63, 3.8) is 0 Å². The maximum absolute atomic E-state index is 3.54. The van der Waals surface area contributed by atoms with E-state index in [0.29, 0.717) is 0 Å². The van der Waals surface area contributed by atoms with Crippen LogP contribution in [0.3, 0.4) is 0 Å². The van der Waals surface area contributed by atoms with Crippen LogP contribution < -0.4 is 5.32 Å². The fraction of sp³-hybridized carbons (Fsp3) is 0.625. The molecule has 18 heavy (non-hydrogen) atoms. The smallest absolute Gasteiger partial charge is 0.0210 e. The lowest BCUT2D eigenvalue weighted by atomic mass is 10.1. The molecule has 2 rings (SSSR count). The van der Waals surface area contributed by atoms with Crippen LogP contribution in [0.25, 0.3) is 0 Å². The average molecular weight is 263 g/mol. The molecule has 0 heterocycles. The molecule has 0 aliphatic heterocycles. The Morgan fingerprint density at radius 3 is 2.72 bits per heavy atom. The first-order valence-electron chi connectivity index (χ1n) is 7.00. The maximum Gasteiger partial charge on any atom is 0.0210 e. The van der Waals surface area contributed by atoms with Crippen LogP contribution in [-0.4, -0.2) is 11.3 Å². The molecule has 0 atom stereocenters. The lowest BCUT2D eigenvalue weighted by Crippen LogP contribution is -2.35. The molecule has 0 bridgehead atoms. The summed E-state index contributed by atoms with van der Waals surface area (Å²) >= 11 is 2.01. The highest BCUT2D eigenvalue weighted by molar-refractivity contribution is 7.99. The van der Waals surface area contributed by atoms with E-state index in [1.807, 2.05) is 11.8 Å². The highest BCUT2D eigenvalue weighted by Gasteiger charge is 2.20.